The molecule has 1 amide bonds. The number of carbonyl (C=O) groups excluding carboxylic acids is 1. The third kappa shape index (κ3) is 4.91. The fraction of sp³-hybridized carbons (Fsp3) is 0.261. The zero-order valence-electron chi connectivity index (χ0n) is 16.6. The molecule has 0 bridgehead atoms. The van der Waals surface area contributed by atoms with Gasteiger partial charge in [-0.05, 0) is 72.4 Å². The van der Waals surface area contributed by atoms with E-state index >= 15 is 0 Å². The first kappa shape index (κ1) is 20.6. The van der Waals surface area contributed by atoms with Crippen LogP contribution in [-0.2, 0) is 0 Å². The van der Waals surface area contributed by atoms with Gasteiger partial charge >= 0.3 is 0 Å². The number of rotatable bonds is 4. The van der Waals surface area contributed by atoms with Crippen molar-refractivity contribution in [1.29, 1.82) is 0 Å². The van der Waals surface area contributed by atoms with Crippen LogP contribution < -0.4 is 10.2 Å². The second-order valence-corrected chi connectivity index (χ2v) is 8.49. The van der Waals surface area contributed by atoms with Gasteiger partial charge in [-0.3, -0.25) is 4.79 Å². The summed E-state index contributed by atoms with van der Waals surface area (Å²) >= 11 is 12.0. The summed E-state index contributed by atoms with van der Waals surface area (Å²) in [6.45, 7) is 4.35. The van der Waals surface area contributed by atoms with Crippen LogP contribution in [0.2, 0.25) is 10.0 Å². The van der Waals surface area contributed by atoms with E-state index < -0.39 is 0 Å². The number of benzene rings is 1. The molecular weight excluding hydrogens is 419 g/mol. The van der Waals surface area contributed by atoms with E-state index in [2.05, 4.69) is 33.2 Å². The van der Waals surface area contributed by atoms with E-state index in [0.717, 1.165) is 36.0 Å². The molecule has 3 heterocycles. The Kier molecular flexibility index (Phi) is 6.21. The molecule has 1 saturated heterocycles. The minimum Gasteiger partial charge on any atom is -0.357 e. The van der Waals surface area contributed by atoms with Crippen molar-refractivity contribution in [3.05, 3.63) is 70.5 Å². The zero-order valence-corrected chi connectivity index (χ0v) is 18.1. The molecule has 1 aromatic carbocycles. The fourth-order valence-electron chi connectivity index (χ4n) is 3.56. The van der Waals surface area contributed by atoms with Gasteiger partial charge in [-0.1, -0.05) is 30.1 Å². The monoisotopic (exact) mass is 440 g/mol. The highest BCUT2D eigenvalue weighted by molar-refractivity contribution is 6.35. The third-order valence-electron chi connectivity index (χ3n) is 5.31. The molecular formula is C23H22Cl2N4O. The van der Waals surface area contributed by atoms with Crippen LogP contribution in [0.15, 0.2) is 54.9 Å². The van der Waals surface area contributed by atoms with Crippen LogP contribution in [0.1, 0.15) is 30.1 Å². The molecule has 0 unspecified atom stereocenters. The first-order valence-electron chi connectivity index (χ1n) is 9.93. The fourth-order valence-corrected chi connectivity index (χ4v) is 4.09. The first-order valence-corrected chi connectivity index (χ1v) is 10.7. The summed E-state index contributed by atoms with van der Waals surface area (Å²) < 4.78 is 0. The van der Waals surface area contributed by atoms with E-state index in [4.69, 9.17) is 23.2 Å². The third-order valence-corrected chi connectivity index (χ3v) is 5.75. The van der Waals surface area contributed by atoms with Crippen LogP contribution in [0.3, 0.4) is 0 Å². The van der Waals surface area contributed by atoms with Crippen LogP contribution in [0, 0.1) is 5.92 Å². The zero-order chi connectivity index (χ0) is 21.1. The molecule has 1 aliphatic rings. The second-order valence-electron chi connectivity index (χ2n) is 7.61. The average molecular weight is 441 g/mol. The molecule has 5 nitrogen and oxygen atoms in total. The van der Waals surface area contributed by atoms with Crippen molar-refractivity contribution < 1.29 is 4.79 Å². The number of nitrogens with one attached hydrogen (secondary N) is 1. The number of aromatic nitrogens is 2. The Morgan fingerprint density at radius 2 is 1.60 bits per heavy atom. The van der Waals surface area contributed by atoms with E-state index in [-0.39, 0.29) is 5.91 Å². The maximum atomic E-state index is 12.6. The molecule has 30 heavy (non-hydrogen) atoms. The van der Waals surface area contributed by atoms with Crippen LogP contribution in [0.5, 0.6) is 0 Å². The van der Waals surface area contributed by atoms with Crippen molar-refractivity contribution in [3.8, 4) is 11.1 Å². The minimum absolute atomic E-state index is 0.318. The molecule has 0 spiro atoms. The van der Waals surface area contributed by atoms with Gasteiger partial charge in [0, 0.05) is 41.1 Å². The molecule has 3 aromatic rings. The molecule has 154 valence electrons. The highest BCUT2D eigenvalue weighted by atomic mass is 35.5. The molecule has 1 aliphatic heterocycles. The van der Waals surface area contributed by atoms with Crippen molar-refractivity contribution in [2.24, 2.45) is 5.92 Å². The first-order chi connectivity index (χ1) is 14.5. The standard InChI is InChI=1S/C23H22Cl2N4O/c1-15-4-8-29(9-5-15)22-13-17(3-7-27-22)16-2-6-26-21(12-16)28-23(30)18-10-19(24)14-20(25)11-18/h2-3,6-7,10-15H,4-5,8-9H2,1H3,(H,26,28,30). The lowest BCUT2D eigenvalue weighted by molar-refractivity contribution is 0.102. The smallest absolute Gasteiger partial charge is 0.256 e. The van der Waals surface area contributed by atoms with Crippen LogP contribution >= 0.6 is 23.2 Å². The van der Waals surface area contributed by atoms with Gasteiger partial charge in [0.05, 0.1) is 0 Å². The average Bonchev–Trinajstić information content (AvgIpc) is 2.74. The molecule has 0 atom stereocenters. The number of carbonyl (C=O) groups is 1. The highest BCUT2D eigenvalue weighted by Gasteiger charge is 2.17. The Bertz CT molecular complexity index is 1040. The van der Waals surface area contributed by atoms with E-state index in [1.807, 2.05) is 24.4 Å². The lowest BCUT2D eigenvalue weighted by Crippen LogP contribution is -2.33. The number of pyridine rings is 2. The van der Waals surface area contributed by atoms with Crippen molar-refractivity contribution in [3.63, 3.8) is 0 Å². The van der Waals surface area contributed by atoms with E-state index in [0.29, 0.717) is 21.4 Å². The summed E-state index contributed by atoms with van der Waals surface area (Å²) in [5.41, 5.74) is 2.37. The SMILES string of the molecule is CC1CCN(c2cc(-c3ccnc(NC(=O)c4cc(Cl)cc(Cl)c4)c3)ccn2)CC1. The number of halogens is 2. The Morgan fingerprint density at radius 1 is 0.967 bits per heavy atom. The van der Waals surface area contributed by atoms with Gasteiger partial charge in [0.1, 0.15) is 11.6 Å². The molecule has 1 N–H and O–H groups in total. The molecule has 2 aromatic heterocycles. The van der Waals surface area contributed by atoms with Gasteiger partial charge < -0.3 is 10.2 Å². The largest absolute Gasteiger partial charge is 0.357 e. The van der Waals surface area contributed by atoms with Gasteiger partial charge in [0.25, 0.3) is 5.91 Å². The summed E-state index contributed by atoms with van der Waals surface area (Å²) in [6.07, 6.45) is 5.88. The summed E-state index contributed by atoms with van der Waals surface area (Å²) in [5, 5.41) is 3.63. The molecule has 7 heteroatoms. The van der Waals surface area contributed by atoms with E-state index in [1.165, 1.54) is 12.8 Å². The molecule has 0 aliphatic carbocycles. The predicted molar refractivity (Wildman–Crippen MR) is 122 cm³/mol. The van der Waals surface area contributed by atoms with Crippen molar-refractivity contribution >= 4 is 40.7 Å². The summed E-state index contributed by atoms with van der Waals surface area (Å²) in [7, 11) is 0. The number of piperidine rings is 1. The van der Waals surface area contributed by atoms with Gasteiger partial charge in [0.2, 0.25) is 0 Å². The highest BCUT2D eigenvalue weighted by Crippen LogP contribution is 2.27. The lowest BCUT2D eigenvalue weighted by Gasteiger charge is -2.31. The van der Waals surface area contributed by atoms with Crippen LogP contribution in [0.25, 0.3) is 11.1 Å². The topological polar surface area (TPSA) is 58.1 Å². The number of hydrogen-bond acceptors (Lipinski definition) is 4. The van der Waals surface area contributed by atoms with Crippen LogP contribution in [0.4, 0.5) is 11.6 Å². The molecule has 0 saturated carbocycles. The van der Waals surface area contributed by atoms with E-state index in [9.17, 15) is 4.79 Å². The van der Waals surface area contributed by atoms with Crippen molar-refractivity contribution in [2.45, 2.75) is 19.8 Å². The summed E-state index contributed by atoms with van der Waals surface area (Å²) in [4.78, 5) is 23.7. The Labute approximate surface area is 186 Å². The van der Waals surface area contributed by atoms with Gasteiger partial charge in [-0.2, -0.15) is 0 Å². The molecule has 0 radical (unpaired) electrons. The minimum atomic E-state index is -0.318. The van der Waals surface area contributed by atoms with Gasteiger partial charge in [0.15, 0.2) is 0 Å². The Hall–Kier alpha value is -2.63. The van der Waals surface area contributed by atoms with Crippen molar-refractivity contribution in [1.82, 2.24) is 9.97 Å². The van der Waals surface area contributed by atoms with Gasteiger partial charge in [-0.15, -0.1) is 0 Å². The second kappa shape index (κ2) is 9.02. The molecule has 4 rings (SSSR count). The Morgan fingerprint density at radius 3 is 2.30 bits per heavy atom. The summed E-state index contributed by atoms with van der Waals surface area (Å²) in [6, 6.07) is 12.6. The maximum Gasteiger partial charge on any atom is 0.256 e. The number of nitrogens with zero attached hydrogens (tertiary/aromatic N) is 3. The Balaban J connectivity index is 1.53. The quantitative estimate of drug-likeness (QED) is 0.545. The van der Waals surface area contributed by atoms with Crippen LogP contribution in [-0.4, -0.2) is 29.0 Å². The predicted octanol–water partition coefficient (Wildman–Crippen LogP) is 5.94. The lowest BCUT2D eigenvalue weighted by atomic mass is 9.99. The maximum absolute atomic E-state index is 12.6. The van der Waals surface area contributed by atoms with Crippen molar-refractivity contribution in [2.75, 3.05) is 23.3 Å². The van der Waals surface area contributed by atoms with Gasteiger partial charge in [-0.25, -0.2) is 9.97 Å². The number of amides is 1. The number of anilines is 2. The van der Waals surface area contributed by atoms with E-state index in [1.54, 1.807) is 24.4 Å². The molecule has 1 fully saturated rings. The normalized spacial score (nSPS) is 14.6. The number of hydrogen-bond donors (Lipinski definition) is 1. The summed E-state index contributed by atoms with van der Waals surface area (Å²) in [5.74, 6) is 1.89.